The number of esters is 1. The largest absolute Gasteiger partial charge is 0.465 e. The van der Waals surface area contributed by atoms with Crippen LogP contribution in [0.4, 0.5) is 11.5 Å². The molecule has 1 aliphatic rings. The van der Waals surface area contributed by atoms with Crippen LogP contribution in [0.1, 0.15) is 36.5 Å². The number of piperidine rings is 1. The minimum Gasteiger partial charge on any atom is -0.465 e. The minimum absolute atomic E-state index is 0.330. The summed E-state index contributed by atoms with van der Waals surface area (Å²) >= 11 is 0. The van der Waals surface area contributed by atoms with Crippen LogP contribution >= 0.6 is 0 Å². The second kappa shape index (κ2) is 7.26. The lowest BCUT2D eigenvalue weighted by molar-refractivity contribution is 0.0602. The van der Waals surface area contributed by atoms with Gasteiger partial charge in [0.05, 0.1) is 24.6 Å². The fourth-order valence-electron chi connectivity index (χ4n) is 2.59. The van der Waals surface area contributed by atoms with Crippen molar-refractivity contribution in [1.29, 1.82) is 0 Å². The lowest BCUT2D eigenvalue weighted by atomic mass is 10.1. The molecule has 116 valence electrons. The SMILES string of the molecule is COC(=O)c1cc(NCC(C)N2CCCCC2)ncc1N. The number of nitrogens with zero attached hydrogens (tertiary/aromatic N) is 2. The highest BCUT2D eigenvalue weighted by Gasteiger charge is 2.17. The van der Waals surface area contributed by atoms with E-state index in [1.54, 1.807) is 6.07 Å². The number of pyridine rings is 1. The van der Waals surface area contributed by atoms with E-state index in [1.807, 2.05) is 0 Å². The molecule has 2 rings (SSSR count). The maximum atomic E-state index is 11.6. The summed E-state index contributed by atoms with van der Waals surface area (Å²) in [7, 11) is 1.34. The van der Waals surface area contributed by atoms with Gasteiger partial charge in [-0.25, -0.2) is 9.78 Å². The average molecular weight is 292 g/mol. The normalized spacial score (nSPS) is 17.2. The molecule has 0 radical (unpaired) electrons. The third-order valence-corrected chi connectivity index (χ3v) is 3.93. The van der Waals surface area contributed by atoms with Gasteiger partial charge in [-0.1, -0.05) is 6.42 Å². The van der Waals surface area contributed by atoms with Gasteiger partial charge < -0.3 is 15.8 Å². The van der Waals surface area contributed by atoms with Gasteiger partial charge in [0.2, 0.25) is 0 Å². The fraction of sp³-hybridized carbons (Fsp3) is 0.600. The first-order chi connectivity index (χ1) is 10.1. The van der Waals surface area contributed by atoms with E-state index in [9.17, 15) is 4.79 Å². The van der Waals surface area contributed by atoms with Gasteiger partial charge in [0.1, 0.15) is 5.82 Å². The molecule has 1 atom stereocenters. The molecule has 1 fully saturated rings. The number of carbonyl (C=O) groups excluding carboxylic acids is 1. The molecule has 0 amide bonds. The van der Waals surface area contributed by atoms with Crippen LogP contribution in [-0.2, 0) is 4.74 Å². The first kappa shape index (κ1) is 15.6. The quantitative estimate of drug-likeness (QED) is 0.805. The van der Waals surface area contributed by atoms with E-state index >= 15 is 0 Å². The number of hydrogen-bond donors (Lipinski definition) is 2. The molecule has 6 heteroatoms. The minimum atomic E-state index is -0.443. The van der Waals surface area contributed by atoms with Crippen molar-refractivity contribution < 1.29 is 9.53 Å². The van der Waals surface area contributed by atoms with Gasteiger partial charge in [-0.2, -0.15) is 0 Å². The van der Waals surface area contributed by atoms with Crippen LogP contribution in [-0.4, -0.2) is 48.6 Å². The maximum absolute atomic E-state index is 11.6. The van der Waals surface area contributed by atoms with Gasteiger partial charge in [0.15, 0.2) is 0 Å². The Balaban J connectivity index is 1.94. The number of ether oxygens (including phenoxy) is 1. The fourth-order valence-corrected chi connectivity index (χ4v) is 2.59. The van der Waals surface area contributed by atoms with E-state index in [0.717, 1.165) is 19.6 Å². The predicted molar refractivity (Wildman–Crippen MR) is 83.4 cm³/mol. The summed E-state index contributed by atoms with van der Waals surface area (Å²) in [4.78, 5) is 18.3. The number of nitrogens with one attached hydrogen (secondary N) is 1. The van der Waals surface area contributed by atoms with Crippen molar-refractivity contribution in [1.82, 2.24) is 9.88 Å². The molecule has 0 saturated carbocycles. The number of methoxy groups -OCH3 is 1. The number of nitrogens with two attached hydrogens (primary N) is 1. The van der Waals surface area contributed by atoms with Crippen molar-refractivity contribution in [2.45, 2.75) is 32.2 Å². The number of carbonyl (C=O) groups is 1. The number of anilines is 2. The summed E-state index contributed by atoms with van der Waals surface area (Å²) in [5.41, 5.74) is 6.42. The molecule has 1 unspecified atom stereocenters. The highest BCUT2D eigenvalue weighted by atomic mass is 16.5. The van der Waals surface area contributed by atoms with Gasteiger partial charge in [0.25, 0.3) is 0 Å². The summed E-state index contributed by atoms with van der Waals surface area (Å²) in [6.45, 7) is 5.31. The van der Waals surface area contributed by atoms with Gasteiger partial charge in [0, 0.05) is 12.6 Å². The van der Waals surface area contributed by atoms with E-state index in [2.05, 4.69) is 22.1 Å². The van der Waals surface area contributed by atoms with Crippen molar-refractivity contribution in [3.8, 4) is 0 Å². The summed E-state index contributed by atoms with van der Waals surface area (Å²) in [5, 5.41) is 3.27. The maximum Gasteiger partial charge on any atom is 0.340 e. The molecule has 0 aliphatic carbocycles. The second-order valence-electron chi connectivity index (χ2n) is 5.47. The van der Waals surface area contributed by atoms with Crippen LogP contribution in [0, 0.1) is 0 Å². The van der Waals surface area contributed by atoms with E-state index in [-0.39, 0.29) is 0 Å². The molecule has 3 N–H and O–H groups in total. The van der Waals surface area contributed by atoms with E-state index in [1.165, 1.54) is 32.6 Å². The van der Waals surface area contributed by atoms with E-state index < -0.39 is 5.97 Å². The van der Waals surface area contributed by atoms with Gasteiger partial charge in [-0.3, -0.25) is 4.90 Å². The third kappa shape index (κ3) is 4.07. The number of rotatable bonds is 5. The molecular weight excluding hydrogens is 268 g/mol. The third-order valence-electron chi connectivity index (χ3n) is 3.93. The molecule has 1 aromatic rings. The number of hydrogen-bond acceptors (Lipinski definition) is 6. The number of aromatic nitrogens is 1. The molecule has 2 heterocycles. The Morgan fingerprint density at radius 2 is 2.19 bits per heavy atom. The summed E-state index contributed by atoms with van der Waals surface area (Å²) in [6, 6.07) is 2.08. The smallest absolute Gasteiger partial charge is 0.340 e. The van der Waals surface area contributed by atoms with Crippen molar-refractivity contribution in [2.75, 3.05) is 37.8 Å². The molecule has 6 nitrogen and oxygen atoms in total. The van der Waals surface area contributed by atoms with Crippen LogP contribution in [0.15, 0.2) is 12.3 Å². The van der Waals surface area contributed by atoms with Crippen molar-refractivity contribution in [2.24, 2.45) is 0 Å². The van der Waals surface area contributed by atoms with Crippen LogP contribution in [0.3, 0.4) is 0 Å². The Hall–Kier alpha value is -1.82. The topological polar surface area (TPSA) is 80.5 Å². The van der Waals surface area contributed by atoms with Crippen LogP contribution in [0.5, 0.6) is 0 Å². The van der Waals surface area contributed by atoms with Gasteiger partial charge in [-0.05, 0) is 38.9 Å². The Morgan fingerprint density at radius 1 is 1.48 bits per heavy atom. The molecule has 21 heavy (non-hydrogen) atoms. The predicted octanol–water partition coefficient (Wildman–Crippen LogP) is 1.74. The second-order valence-corrected chi connectivity index (χ2v) is 5.47. The molecule has 1 aromatic heterocycles. The van der Waals surface area contributed by atoms with Crippen LogP contribution in [0.25, 0.3) is 0 Å². The monoisotopic (exact) mass is 292 g/mol. The van der Waals surface area contributed by atoms with Crippen LogP contribution in [0.2, 0.25) is 0 Å². The van der Waals surface area contributed by atoms with Gasteiger partial charge in [-0.15, -0.1) is 0 Å². The van der Waals surface area contributed by atoms with Gasteiger partial charge >= 0.3 is 5.97 Å². The Labute approximate surface area is 125 Å². The highest BCUT2D eigenvalue weighted by Crippen LogP contribution is 2.17. The van der Waals surface area contributed by atoms with Crippen molar-refractivity contribution in [3.05, 3.63) is 17.8 Å². The molecule has 0 aromatic carbocycles. The zero-order valence-electron chi connectivity index (χ0n) is 12.8. The Kier molecular flexibility index (Phi) is 5.38. The molecule has 0 spiro atoms. The lowest BCUT2D eigenvalue weighted by Crippen LogP contribution is -2.41. The Morgan fingerprint density at radius 3 is 2.86 bits per heavy atom. The molecule has 0 bridgehead atoms. The number of nitrogen functional groups attached to an aromatic ring is 1. The van der Waals surface area contributed by atoms with E-state index in [4.69, 9.17) is 10.5 Å². The van der Waals surface area contributed by atoms with Crippen molar-refractivity contribution in [3.63, 3.8) is 0 Å². The molecular formula is C15H24N4O2. The first-order valence-electron chi connectivity index (χ1n) is 7.43. The summed E-state index contributed by atoms with van der Waals surface area (Å²) in [5.74, 6) is 0.204. The summed E-state index contributed by atoms with van der Waals surface area (Å²) in [6.07, 6.45) is 5.37. The standard InChI is InChI=1S/C15H24N4O2/c1-11(19-6-4-3-5-7-19)9-17-14-8-12(15(20)21-2)13(16)10-18-14/h8,10-11H,3-7,9,16H2,1-2H3,(H,17,18). The van der Waals surface area contributed by atoms with Crippen molar-refractivity contribution >= 4 is 17.5 Å². The number of likely N-dealkylation sites (tertiary alicyclic amines) is 1. The zero-order chi connectivity index (χ0) is 15.2. The lowest BCUT2D eigenvalue weighted by Gasteiger charge is -2.32. The average Bonchev–Trinajstić information content (AvgIpc) is 2.53. The van der Waals surface area contributed by atoms with Crippen LogP contribution < -0.4 is 11.1 Å². The first-order valence-corrected chi connectivity index (χ1v) is 7.43. The highest BCUT2D eigenvalue weighted by molar-refractivity contribution is 5.95. The molecule has 1 aliphatic heterocycles. The summed E-state index contributed by atoms with van der Waals surface area (Å²) < 4.78 is 4.71. The Bertz CT molecular complexity index is 487. The molecule has 1 saturated heterocycles. The van der Waals surface area contributed by atoms with E-state index in [0.29, 0.717) is 23.1 Å². The zero-order valence-corrected chi connectivity index (χ0v) is 12.8.